The van der Waals surface area contributed by atoms with E-state index in [0.717, 1.165) is 0 Å². The van der Waals surface area contributed by atoms with Gasteiger partial charge in [-0.25, -0.2) is 8.42 Å². The normalized spacial score (nSPS) is 15.7. The van der Waals surface area contributed by atoms with Crippen LogP contribution in [-0.4, -0.2) is 56.3 Å². The number of benzene rings is 2. The highest BCUT2D eigenvalue weighted by Crippen LogP contribution is 2.21. The minimum Gasteiger partial charge on any atom is -0.325 e. The summed E-state index contributed by atoms with van der Waals surface area (Å²) in [5.74, 6) is -0.187. The molecule has 1 amide bonds. The van der Waals surface area contributed by atoms with Crippen molar-refractivity contribution in [1.82, 2.24) is 9.21 Å². The molecule has 28 heavy (non-hydrogen) atoms. The predicted molar refractivity (Wildman–Crippen MR) is 106 cm³/mol. The molecule has 0 radical (unpaired) electrons. The Kier molecular flexibility index (Phi) is 6.31. The molecule has 1 aliphatic rings. The summed E-state index contributed by atoms with van der Waals surface area (Å²) >= 11 is 5.91. The second kappa shape index (κ2) is 8.71. The molecule has 146 valence electrons. The monoisotopic (exact) mass is 418 g/mol. The van der Waals surface area contributed by atoms with E-state index in [1.165, 1.54) is 16.4 Å². The van der Waals surface area contributed by atoms with E-state index >= 15 is 0 Å². The van der Waals surface area contributed by atoms with Gasteiger partial charge in [0.25, 0.3) is 0 Å². The fraction of sp³-hybridized carbons (Fsp3) is 0.263. The van der Waals surface area contributed by atoms with Crippen LogP contribution in [0, 0.1) is 11.3 Å². The molecule has 0 aromatic heterocycles. The highest BCUT2D eigenvalue weighted by Gasteiger charge is 2.30. The standard InChI is InChI=1S/C19H19ClN4O3S/c20-16-5-3-6-17(12-16)22-19(25)14-23-8-10-24(11-9-23)28(26,27)18-7-2-1-4-15(18)13-21/h1-7,12H,8-11,14H2,(H,22,25). The summed E-state index contributed by atoms with van der Waals surface area (Å²) in [5.41, 5.74) is 0.748. The van der Waals surface area contributed by atoms with Crippen LogP contribution in [0.1, 0.15) is 5.56 Å². The third kappa shape index (κ3) is 4.69. The second-order valence-electron chi connectivity index (χ2n) is 6.35. The van der Waals surface area contributed by atoms with Gasteiger partial charge in [-0.2, -0.15) is 9.57 Å². The Hall–Kier alpha value is -2.44. The number of nitriles is 1. The molecule has 1 saturated heterocycles. The lowest BCUT2D eigenvalue weighted by Gasteiger charge is -2.33. The van der Waals surface area contributed by atoms with Crippen molar-refractivity contribution >= 4 is 33.2 Å². The van der Waals surface area contributed by atoms with Crippen molar-refractivity contribution in [2.24, 2.45) is 0 Å². The van der Waals surface area contributed by atoms with Crippen molar-refractivity contribution < 1.29 is 13.2 Å². The number of halogens is 1. The molecule has 9 heteroatoms. The van der Waals surface area contributed by atoms with Crippen molar-refractivity contribution in [1.29, 1.82) is 5.26 Å². The minimum absolute atomic E-state index is 0.0182. The molecule has 2 aromatic rings. The quantitative estimate of drug-likeness (QED) is 0.803. The van der Waals surface area contributed by atoms with Crippen LogP contribution in [0.3, 0.4) is 0 Å². The zero-order valence-electron chi connectivity index (χ0n) is 15.0. The van der Waals surface area contributed by atoms with E-state index in [1.807, 2.05) is 11.0 Å². The number of nitrogens with zero attached hydrogens (tertiary/aromatic N) is 3. The molecule has 1 aliphatic heterocycles. The first-order valence-corrected chi connectivity index (χ1v) is 10.5. The second-order valence-corrected chi connectivity index (χ2v) is 8.69. The lowest BCUT2D eigenvalue weighted by Crippen LogP contribution is -2.50. The van der Waals surface area contributed by atoms with Gasteiger partial charge in [0.1, 0.15) is 6.07 Å². The van der Waals surface area contributed by atoms with Crippen LogP contribution in [0.2, 0.25) is 5.02 Å². The fourth-order valence-corrected chi connectivity index (χ4v) is 4.78. The Morgan fingerprint density at radius 2 is 1.82 bits per heavy atom. The van der Waals surface area contributed by atoms with Crippen molar-refractivity contribution in [2.75, 3.05) is 38.0 Å². The SMILES string of the molecule is N#Cc1ccccc1S(=O)(=O)N1CCN(CC(=O)Nc2cccc(Cl)c2)CC1. The number of carbonyl (C=O) groups excluding carboxylic acids is 1. The molecule has 1 N–H and O–H groups in total. The summed E-state index contributed by atoms with van der Waals surface area (Å²) in [6, 6.07) is 15.0. The summed E-state index contributed by atoms with van der Waals surface area (Å²) in [6.07, 6.45) is 0. The highest BCUT2D eigenvalue weighted by atomic mass is 35.5. The summed E-state index contributed by atoms with van der Waals surface area (Å²) in [4.78, 5) is 14.1. The predicted octanol–water partition coefficient (Wildman–Crippen LogP) is 2.16. The van der Waals surface area contributed by atoms with E-state index in [2.05, 4.69) is 5.32 Å². The molecule has 1 heterocycles. The lowest BCUT2D eigenvalue weighted by atomic mass is 10.2. The van der Waals surface area contributed by atoms with Crippen LogP contribution in [0.4, 0.5) is 5.69 Å². The maximum Gasteiger partial charge on any atom is 0.244 e. The fourth-order valence-electron chi connectivity index (χ4n) is 3.02. The molecular weight excluding hydrogens is 400 g/mol. The van der Waals surface area contributed by atoms with Gasteiger partial charge in [0.2, 0.25) is 15.9 Å². The van der Waals surface area contributed by atoms with Crippen LogP contribution in [-0.2, 0) is 14.8 Å². The third-order valence-corrected chi connectivity index (χ3v) is 6.62. The minimum atomic E-state index is -3.74. The molecule has 0 bridgehead atoms. The van der Waals surface area contributed by atoms with Crippen LogP contribution < -0.4 is 5.32 Å². The number of anilines is 1. The van der Waals surface area contributed by atoms with Gasteiger partial charge >= 0.3 is 0 Å². The Bertz CT molecular complexity index is 1010. The van der Waals surface area contributed by atoms with Crippen molar-refractivity contribution in [3.63, 3.8) is 0 Å². The zero-order chi connectivity index (χ0) is 20.1. The van der Waals surface area contributed by atoms with E-state index in [0.29, 0.717) is 23.8 Å². The molecule has 2 aromatic carbocycles. The largest absolute Gasteiger partial charge is 0.325 e. The number of rotatable bonds is 5. The molecule has 0 aliphatic carbocycles. The van der Waals surface area contributed by atoms with E-state index in [1.54, 1.807) is 36.4 Å². The van der Waals surface area contributed by atoms with Crippen molar-refractivity contribution in [3.05, 3.63) is 59.1 Å². The first-order valence-electron chi connectivity index (χ1n) is 8.67. The maximum atomic E-state index is 12.8. The highest BCUT2D eigenvalue weighted by molar-refractivity contribution is 7.89. The maximum absolute atomic E-state index is 12.8. The van der Waals surface area contributed by atoms with Crippen LogP contribution in [0.15, 0.2) is 53.4 Å². The average molecular weight is 419 g/mol. The molecule has 7 nitrogen and oxygen atoms in total. The first kappa shape index (κ1) is 20.3. The Morgan fingerprint density at radius 3 is 2.50 bits per heavy atom. The number of carbonyl (C=O) groups is 1. The molecule has 1 fully saturated rings. The van der Waals surface area contributed by atoms with Crippen molar-refractivity contribution in [2.45, 2.75) is 4.90 Å². The van der Waals surface area contributed by atoms with E-state index in [9.17, 15) is 13.2 Å². The molecule has 0 atom stereocenters. The molecule has 3 rings (SSSR count). The summed E-state index contributed by atoms with van der Waals surface area (Å²) in [5, 5.41) is 12.5. The summed E-state index contributed by atoms with van der Waals surface area (Å²) in [6.45, 7) is 1.53. The summed E-state index contributed by atoms with van der Waals surface area (Å²) < 4.78 is 27.0. The number of sulfonamides is 1. The zero-order valence-corrected chi connectivity index (χ0v) is 16.6. The first-order chi connectivity index (χ1) is 13.4. The number of amides is 1. The topological polar surface area (TPSA) is 93.5 Å². The number of nitrogens with one attached hydrogen (secondary N) is 1. The number of piperazine rings is 1. The van der Waals surface area contributed by atoms with Gasteiger partial charge in [-0.15, -0.1) is 0 Å². The molecule has 0 unspecified atom stereocenters. The van der Waals surface area contributed by atoms with Crippen molar-refractivity contribution in [3.8, 4) is 6.07 Å². The van der Waals surface area contributed by atoms with Crippen LogP contribution in [0.25, 0.3) is 0 Å². The van der Waals surface area contributed by atoms with Gasteiger partial charge in [-0.05, 0) is 30.3 Å². The van der Waals surface area contributed by atoms with Gasteiger partial charge < -0.3 is 5.32 Å². The lowest BCUT2D eigenvalue weighted by molar-refractivity contribution is -0.117. The molecular formula is C19H19ClN4O3S. The van der Waals surface area contributed by atoms with E-state index < -0.39 is 10.0 Å². The Morgan fingerprint density at radius 1 is 1.11 bits per heavy atom. The van der Waals surface area contributed by atoms with Crippen LogP contribution >= 0.6 is 11.6 Å². The average Bonchev–Trinajstić information content (AvgIpc) is 2.68. The molecule has 0 spiro atoms. The van der Waals surface area contributed by atoms with E-state index in [-0.39, 0.29) is 36.0 Å². The van der Waals surface area contributed by atoms with Gasteiger partial charge in [0.15, 0.2) is 0 Å². The number of hydrogen-bond acceptors (Lipinski definition) is 5. The number of hydrogen-bond donors (Lipinski definition) is 1. The van der Waals surface area contributed by atoms with Gasteiger partial charge in [-0.3, -0.25) is 9.69 Å². The molecule has 0 saturated carbocycles. The Labute approximate surface area is 169 Å². The third-order valence-electron chi connectivity index (χ3n) is 4.43. The van der Waals surface area contributed by atoms with E-state index in [4.69, 9.17) is 16.9 Å². The van der Waals surface area contributed by atoms with Gasteiger partial charge in [-0.1, -0.05) is 29.8 Å². The smallest absolute Gasteiger partial charge is 0.244 e. The van der Waals surface area contributed by atoms with Crippen LogP contribution in [0.5, 0.6) is 0 Å². The van der Waals surface area contributed by atoms with Gasteiger partial charge in [0, 0.05) is 36.9 Å². The Balaban J connectivity index is 1.58. The van der Waals surface area contributed by atoms with Gasteiger partial charge in [0.05, 0.1) is 17.0 Å². The summed E-state index contributed by atoms with van der Waals surface area (Å²) in [7, 11) is -3.74.